The molecule has 0 saturated heterocycles. The Kier molecular flexibility index (Phi) is 21.2. The Hall–Kier alpha value is -0.170. The van der Waals surface area contributed by atoms with Gasteiger partial charge in [-0.05, 0) is 0 Å². The minimum absolute atomic E-state index is 0.750. The van der Waals surface area contributed by atoms with Gasteiger partial charge in [-0.2, -0.15) is 0 Å². The molecule has 0 aromatic heterocycles. The molecule has 5 nitrogen and oxygen atoms in total. The number of nitrogens with zero attached hydrogens (tertiary/aromatic N) is 2. The Morgan fingerprint density at radius 2 is 1.07 bits per heavy atom. The molecule has 0 aromatic carbocycles. The number of rotatable bonds is 2. The summed E-state index contributed by atoms with van der Waals surface area (Å²) in [5.74, 6) is 0. The lowest BCUT2D eigenvalue weighted by Crippen LogP contribution is -2.06. The van der Waals surface area contributed by atoms with Crippen LogP contribution in [0.3, 0.4) is 0 Å². The molecule has 0 spiro atoms. The maximum absolute atomic E-state index is 9.43. The zero-order valence-electron chi connectivity index (χ0n) is 8.44. The van der Waals surface area contributed by atoms with Crippen molar-refractivity contribution in [3.8, 4) is 0 Å². The van der Waals surface area contributed by atoms with Gasteiger partial charge in [0.15, 0.2) is 31.0 Å². The van der Waals surface area contributed by atoms with Crippen LogP contribution >= 0.6 is 21.4 Å². The second-order valence-corrected chi connectivity index (χ2v) is 4.85. The lowest BCUT2D eigenvalue weighted by Gasteiger charge is -1.93. The molecule has 0 aromatic rings. The molecule has 0 heterocycles. The number of hydrogen-bond donors (Lipinski definition) is 0. The number of amides is 2. The van der Waals surface area contributed by atoms with Gasteiger partial charge in [-0.1, -0.05) is 0 Å². The Morgan fingerprint density at radius 1 is 1.00 bits per heavy atom. The van der Waals surface area contributed by atoms with E-state index in [2.05, 4.69) is 21.4 Å². The van der Waals surface area contributed by atoms with E-state index in [1.807, 2.05) is 0 Å². The van der Waals surface area contributed by atoms with Crippen LogP contribution in [-0.4, -0.2) is 55.4 Å². The van der Waals surface area contributed by atoms with E-state index in [4.69, 9.17) is 4.55 Å². The molecule has 0 aliphatic carbocycles. The van der Waals surface area contributed by atoms with Gasteiger partial charge >= 0.3 is 0 Å². The quantitative estimate of drug-likeness (QED) is 0.538. The summed E-state index contributed by atoms with van der Waals surface area (Å²) in [6.07, 6.45) is 1.50. The molecule has 86 valence electrons. The van der Waals surface area contributed by atoms with Gasteiger partial charge in [0.1, 0.15) is 0 Å². The second kappa shape index (κ2) is 15.3. The largest absolute Gasteiger partial charge is 0.582 e. The van der Waals surface area contributed by atoms with Crippen LogP contribution in [0, 0.1) is 0 Å². The molecular weight excluding hydrogens is 251 g/mol. The molecule has 0 atom stereocenters. The van der Waals surface area contributed by atoms with Crippen molar-refractivity contribution in [2.45, 2.75) is 0 Å². The highest BCUT2D eigenvalue weighted by Crippen LogP contribution is 1.98. The molecule has 0 bridgehead atoms. The third-order valence-corrected chi connectivity index (χ3v) is 0.422. The van der Waals surface area contributed by atoms with E-state index in [1.165, 1.54) is 9.80 Å². The van der Waals surface area contributed by atoms with Crippen LogP contribution in [0.2, 0.25) is 0 Å². The molecule has 0 aliphatic heterocycles. The maximum atomic E-state index is 9.43. The van der Waals surface area contributed by atoms with E-state index < -0.39 is 9.60 Å². The van der Waals surface area contributed by atoms with Crippen LogP contribution < -0.4 is 0 Å². The lowest BCUT2D eigenvalue weighted by atomic mass is 11.0. The van der Waals surface area contributed by atoms with Crippen LogP contribution in [0.15, 0.2) is 0 Å². The summed E-state index contributed by atoms with van der Waals surface area (Å²) in [7, 11) is 14.1. The fourth-order valence-electron chi connectivity index (χ4n) is 0. The highest BCUT2D eigenvalue weighted by molar-refractivity contribution is 8.31. The van der Waals surface area contributed by atoms with Crippen LogP contribution in [0.25, 0.3) is 0 Å². The first kappa shape index (κ1) is 19.4. The molecule has 0 N–H and O–H groups in total. The first-order valence-corrected chi connectivity index (χ1v) is 6.05. The predicted molar refractivity (Wildman–Crippen MR) is 59.4 cm³/mol. The number of carbonyl (C=O) groups excluding carboxylic acids is 2. The zero-order chi connectivity index (χ0) is 12.1. The van der Waals surface area contributed by atoms with Crippen molar-refractivity contribution in [3.63, 3.8) is 0 Å². The monoisotopic (exact) mass is 264 g/mol. The summed E-state index contributed by atoms with van der Waals surface area (Å²) >= 11 is 0. The molecule has 0 saturated carbocycles. The third-order valence-electron chi connectivity index (χ3n) is 0.422. The van der Waals surface area contributed by atoms with Crippen molar-refractivity contribution in [1.29, 1.82) is 0 Å². The van der Waals surface area contributed by atoms with Crippen LogP contribution in [0.4, 0.5) is 0 Å². The number of halogens is 2. The Bertz CT molecular complexity index is 121. The minimum atomic E-state index is -1.67. The van der Waals surface area contributed by atoms with Crippen molar-refractivity contribution in [3.05, 3.63) is 0 Å². The standard InChI is InChI=1S/2C3H7NO.Cl2OS/c2*1-4(2)3-5;1-4(2)3/h2*3H,1-2H3;. The topological polar surface area (TPSA) is 63.7 Å². The predicted octanol–water partition coefficient (Wildman–Crippen LogP) is 0.451. The SMILES string of the molecule is CN(C)C=O.CN(C)C=O.[O-][S+](Cl)Cl. The van der Waals surface area contributed by atoms with Crippen molar-refractivity contribution in [2.75, 3.05) is 28.2 Å². The smallest absolute Gasteiger partial charge is 0.209 e. The van der Waals surface area contributed by atoms with Crippen molar-refractivity contribution in [2.24, 2.45) is 0 Å². The lowest BCUT2D eigenvalue weighted by molar-refractivity contribution is -0.116. The molecular formula is C6H14Cl2N2O3S. The summed E-state index contributed by atoms with van der Waals surface area (Å²) in [5, 5.41) is 0. The van der Waals surface area contributed by atoms with Crippen molar-refractivity contribution < 1.29 is 14.1 Å². The van der Waals surface area contributed by atoms with E-state index in [-0.39, 0.29) is 0 Å². The van der Waals surface area contributed by atoms with Gasteiger partial charge in [-0.3, -0.25) is 9.59 Å². The highest BCUT2D eigenvalue weighted by Gasteiger charge is 1.83. The van der Waals surface area contributed by atoms with Gasteiger partial charge in [-0.15, -0.1) is 0 Å². The maximum Gasteiger partial charge on any atom is 0.209 e. The van der Waals surface area contributed by atoms with Crippen LogP contribution in [0.5, 0.6) is 0 Å². The summed E-state index contributed by atoms with van der Waals surface area (Å²) in [5.41, 5.74) is 0. The third kappa shape index (κ3) is 94.6. The zero-order valence-corrected chi connectivity index (χ0v) is 10.8. The molecule has 0 aliphatic rings. The number of carbonyl (C=O) groups is 2. The van der Waals surface area contributed by atoms with Crippen molar-refractivity contribution >= 4 is 43.8 Å². The van der Waals surface area contributed by atoms with Gasteiger partial charge < -0.3 is 14.4 Å². The van der Waals surface area contributed by atoms with E-state index in [0.717, 1.165) is 12.8 Å². The number of hydrogen-bond acceptors (Lipinski definition) is 3. The molecule has 0 radical (unpaired) electrons. The second-order valence-electron chi connectivity index (χ2n) is 2.32. The van der Waals surface area contributed by atoms with Gasteiger partial charge in [0.05, 0.1) is 0 Å². The van der Waals surface area contributed by atoms with Crippen LogP contribution in [0.1, 0.15) is 0 Å². The normalized spacial score (nSPS) is 7.43. The molecule has 0 fully saturated rings. The Balaban J connectivity index is -0.000000131. The summed E-state index contributed by atoms with van der Waals surface area (Å²) in [6.45, 7) is 0. The minimum Gasteiger partial charge on any atom is -0.582 e. The fraction of sp³-hybridized carbons (Fsp3) is 0.667. The van der Waals surface area contributed by atoms with E-state index in [0.29, 0.717) is 0 Å². The first-order valence-electron chi connectivity index (χ1n) is 3.25. The van der Waals surface area contributed by atoms with E-state index in [1.54, 1.807) is 28.2 Å². The highest BCUT2D eigenvalue weighted by atomic mass is 36.0. The first-order chi connectivity index (χ1) is 6.27. The van der Waals surface area contributed by atoms with Gasteiger partial charge in [0.25, 0.3) is 0 Å². The van der Waals surface area contributed by atoms with E-state index >= 15 is 0 Å². The van der Waals surface area contributed by atoms with Crippen LogP contribution in [-0.2, 0) is 19.2 Å². The Morgan fingerprint density at radius 3 is 1.07 bits per heavy atom. The van der Waals surface area contributed by atoms with Gasteiger partial charge in [0.2, 0.25) is 12.8 Å². The summed E-state index contributed by atoms with van der Waals surface area (Å²) < 4.78 is 9.09. The molecule has 0 rings (SSSR count). The molecule has 0 unspecified atom stereocenters. The van der Waals surface area contributed by atoms with Gasteiger partial charge in [-0.25, -0.2) is 0 Å². The van der Waals surface area contributed by atoms with Crippen molar-refractivity contribution in [1.82, 2.24) is 9.80 Å². The molecule has 2 amide bonds. The Labute approximate surface area is 96.1 Å². The van der Waals surface area contributed by atoms with E-state index in [9.17, 15) is 9.59 Å². The summed E-state index contributed by atoms with van der Waals surface area (Å²) in [4.78, 5) is 21.8. The average molecular weight is 265 g/mol. The summed E-state index contributed by atoms with van der Waals surface area (Å²) in [6, 6.07) is 0. The van der Waals surface area contributed by atoms with Gasteiger partial charge in [0, 0.05) is 28.2 Å². The molecule has 8 heteroatoms. The fourth-order valence-corrected chi connectivity index (χ4v) is 0. The average Bonchev–Trinajstić information content (AvgIpc) is 2.04. The molecule has 14 heavy (non-hydrogen) atoms.